The molecule has 1 aliphatic rings. The first-order valence-corrected chi connectivity index (χ1v) is 15.8. The van der Waals surface area contributed by atoms with Crippen molar-refractivity contribution in [1.29, 1.82) is 0 Å². The number of esters is 1. The zero-order valence-electron chi connectivity index (χ0n) is 27.9. The Morgan fingerprint density at radius 3 is 2.19 bits per heavy atom. The van der Waals surface area contributed by atoms with Crippen molar-refractivity contribution in [2.45, 2.75) is 149 Å². The normalized spacial score (nSPS) is 28.8. The molecule has 0 saturated carbocycles. The summed E-state index contributed by atoms with van der Waals surface area (Å²) in [6, 6.07) is -0.287. The van der Waals surface area contributed by atoms with Gasteiger partial charge in [-0.1, -0.05) is 34.6 Å². The highest BCUT2D eigenvalue weighted by molar-refractivity contribution is 5.72. The second-order valence-electron chi connectivity index (χ2n) is 13.0. The molecular formula is C31H62N2O9. The minimum Gasteiger partial charge on any atom is -0.436 e. The number of carbonyl (C=O) groups excluding carboxylic acids is 1. The Hall–Kier alpha value is -0.890. The van der Waals surface area contributed by atoms with E-state index in [9.17, 15) is 30.3 Å². The molecular weight excluding hydrogens is 544 g/mol. The van der Waals surface area contributed by atoms with E-state index in [1.165, 1.54) is 0 Å². The van der Waals surface area contributed by atoms with Gasteiger partial charge in [-0.05, 0) is 67.1 Å². The fraction of sp³-hybridized carbons (Fsp3) is 0.968. The van der Waals surface area contributed by atoms with Crippen LogP contribution in [0.15, 0.2) is 0 Å². The van der Waals surface area contributed by atoms with Gasteiger partial charge in [0.2, 0.25) is 0 Å². The molecule has 0 aromatic rings. The summed E-state index contributed by atoms with van der Waals surface area (Å²) in [4.78, 5) is 17.1. The van der Waals surface area contributed by atoms with E-state index in [2.05, 4.69) is 0 Å². The van der Waals surface area contributed by atoms with Crippen molar-refractivity contribution in [3.63, 3.8) is 0 Å². The molecule has 0 amide bonds. The number of ether oxygens (including phenoxy) is 3. The van der Waals surface area contributed by atoms with Gasteiger partial charge in [-0.25, -0.2) is 0 Å². The monoisotopic (exact) mass is 606 g/mol. The third-order valence-corrected chi connectivity index (χ3v) is 9.20. The van der Waals surface area contributed by atoms with Gasteiger partial charge < -0.3 is 49.5 Å². The second-order valence-corrected chi connectivity index (χ2v) is 13.0. The molecule has 11 nitrogen and oxygen atoms in total. The largest absolute Gasteiger partial charge is 0.436 e. The Morgan fingerprint density at radius 1 is 1.07 bits per heavy atom. The lowest BCUT2D eigenvalue weighted by Gasteiger charge is -2.45. The maximum Gasteiger partial charge on any atom is 0.313 e. The molecule has 250 valence electrons. The second kappa shape index (κ2) is 17.6. The Labute approximate surface area is 254 Å². The summed E-state index contributed by atoms with van der Waals surface area (Å²) in [6.45, 7) is 17.6. The molecule has 11 heteroatoms. The molecule has 42 heavy (non-hydrogen) atoms. The molecule has 1 rings (SSSR count). The van der Waals surface area contributed by atoms with Crippen LogP contribution in [0.5, 0.6) is 0 Å². The lowest BCUT2D eigenvalue weighted by molar-refractivity contribution is -0.269. The van der Waals surface area contributed by atoms with E-state index in [1.807, 2.05) is 51.6 Å². The highest BCUT2D eigenvalue weighted by Gasteiger charge is 2.46. The van der Waals surface area contributed by atoms with Gasteiger partial charge >= 0.3 is 5.97 Å². The van der Waals surface area contributed by atoms with Crippen LogP contribution in [0.25, 0.3) is 0 Å². The number of nitrogens with zero attached hydrogens (tertiary/aromatic N) is 2. The standard InChI is InChI=1S/C31H62N2O9/c1-12-24(34)21(7)33(11)17-18(4)16-31(9,39)29(37)19(5)28(20(6)30(38)41-25(35)13-2)42-26-15-23(32(10)14-3)27(36)22(8)40-26/h18-29,34-37,39H,12-17H2,1-11H3/t18-,19+,20-,21-,22?,23?,24+,25-,26+,27-,28+,29-,31?/m1/s1. The quantitative estimate of drug-likeness (QED) is 0.115. The van der Waals surface area contributed by atoms with Crippen LogP contribution in [-0.4, -0.2) is 129 Å². The summed E-state index contributed by atoms with van der Waals surface area (Å²) in [5, 5.41) is 53.9. The van der Waals surface area contributed by atoms with E-state index >= 15 is 0 Å². The van der Waals surface area contributed by atoms with E-state index in [0.29, 0.717) is 25.9 Å². The van der Waals surface area contributed by atoms with Crippen LogP contribution in [0.4, 0.5) is 0 Å². The van der Waals surface area contributed by atoms with Gasteiger partial charge in [0.25, 0.3) is 0 Å². The Morgan fingerprint density at radius 2 is 1.67 bits per heavy atom. The van der Waals surface area contributed by atoms with Crippen LogP contribution in [-0.2, 0) is 19.0 Å². The third-order valence-electron chi connectivity index (χ3n) is 9.20. The van der Waals surface area contributed by atoms with E-state index in [1.54, 1.807) is 34.6 Å². The van der Waals surface area contributed by atoms with Gasteiger partial charge in [0.15, 0.2) is 12.6 Å². The summed E-state index contributed by atoms with van der Waals surface area (Å²) in [7, 11) is 3.85. The van der Waals surface area contributed by atoms with Crippen molar-refractivity contribution in [1.82, 2.24) is 9.80 Å². The van der Waals surface area contributed by atoms with Gasteiger partial charge in [0, 0.05) is 37.4 Å². The number of aliphatic hydroxyl groups is 5. The molecule has 0 aromatic carbocycles. The molecule has 0 aromatic heterocycles. The molecule has 1 fully saturated rings. The van der Waals surface area contributed by atoms with Gasteiger partial charge in [-0.3, -0.25) is 4.79 Å². The van der Waals surface area contributed by atoms with Crippen LogP contribution in [0.3, 0.4) is 0 Å². The predicted octanol–water partition coefficient (Wildman–Crippen LogP) is 1.96. The van der Waals surface area contributed by atoms with Gasteiger partial charge in [-0.2, -0.15) is 0 Å². The smallest absolute Gasteiger partial charge is 0.313 e. The number of hydrogen-bond acceptors (Lipinski definition) is 11. The fourth-order valence-corrected chi connectivity index (χ4v) is 6.05. The maximum absolute atomic E-state index is 13.0. The number of aliphatic hydroxyl groups excluding tert-OH is 4. The van der Waals surface area contributed by atoms with Crippen LogP contribution >= 0.6 is 0 Å². The van der Waals surface area contributed by atoms with Crippen molar-refractivity contribution in [2.24, 2.45) is 17.8 Å². The van der Waals surface area contributed by atoms with Crippen molar-refractivity contribution in [2.75, 3.05) is 27.2 Å². The molecule has 0 radical (unpaired) electrons. The Bertz CT molecular complexity index is 788. The summed E-state index contributed by atoms with van der Waals surface area (Å²) in [6.07, 6.45) is -4.48. The van der Waals surface area contributed by atoms with Crippen molar-refractivity contribution >= 4 is 5.97 Å². The maximum atomic E-state index is 13.0. The van der Waals surface area contributed by atoms with Crippen molar-refractivity contribution < 1.29 is 44.5 Å². The Kier molecular flexibility index (Phi) is 16.4. The lowest BCUT2D eigenvalue weighted by atomic mass is 9.78. The zero-order chi connectivity index (χ0) is 32.5. The molecule has 1 saturated heterocycles. The summed E-state index contributed by atoms with van der Waals surface area (Å²) < 4.78 is 17.6. The first-order valence-electron chi connectivity index (χ1n) is 15.8. The molecule has 3 unspecified atom stereocenters. The van der Waals surface area contributed by atoms with Crippen LogP contribution in [0, 0.1) is 17.8 Å². The SMILES string of the molecule is CC[C@H](O)OC(=O)[C@H](C)[C@@H](O[C@H]1CC(N(C)CC)[C@H](O)C(C)O1)[C@H](C)[C@@H](O)C(C)(O)C[C@@H](C)CN(C)[C@H](C)[C@@H](O)CC. The minimum atomic E-state index is -1.53. The van der Waals surface area contributed by atoms with Crippen LogP contribution in [0.2, 0.25) is 0 Å². The number of rotatable bonds is 18. The predicted molar refractivity (Wildman–Crippen MR) is 161 cm³/mol. The summed E-state index contributed by atoms with van der Waals surface area (Å²) >= 11 is 0. The third kappa shape index (κ3) is 10.9. The van der Waals surface area contributed by atoms with E-state index in [-0.39, 0.29) is 30.8 Å². The molecule has 0 aliphatic carbocycles. The van der Waals surface area contributed by atoms with E-state index < -0.39 is 66.5 Å². The van der Waals surface area contributed by atoms with Gasteiger partial charge in [-0.15, -0.1) is 0 Å². The molecule has 1 heterocycles. The van der Waals surface area contributed by atoms with Crippen molar-refractivity contribution in [3.8, 4) is 0 Å². The average molecular weight is 607 g/mol. The molecule has 1 aliphatic heterocycles. The fourth-order valence-electron chi connectivity index (χ4n) is 6.05. The highest BCUT2D eigenvalue weighted by atomic mass is 16.7. The Balaban J connectivity index is 3.18. The first kappa shape index (κ1) is 39.1. The van der Waals surface area contributed by atoms with Gasteiger partial charge in [0.1, 0.15) is 0 Å². The lowest BCUT2D eigenvalue weighted by Crippen LogP contribution is -2.56. The minimum absolute atomic E-state index is 0.0193. The summed E-state index contributed by atoms with van der Waals surface area (Å²) in [5.74, 6) is -2.34. The zero-order valence-corrected chi connectivity index (χ0v) is 27.9. The number of hydrogen-bond donors (Lipinski definition) is 5. The van der Waals surface area contributed by atoms with E-state index in [0.717, 1.165) is 0 Å². The highest BCUT2D eigenvalue weighted by Crippen LogP contribution is 2.34. The van der Waals surface area contributed by atoms with E-state index in [4.69, 9.17) is 14.2 Å². The topological polar surface area (TPSA) is 152 Å². The molecule has 0 bridgehead atoms. The average Bonchev–Trinajstić information content (AvgIpc) is 2.94. The summed E-state index contributed by atoms with van der Waals surface area (Å²) in [5.41, 5.74) is -1.53. The van der Waals surface area contributed by atoms with Crippen LogP contribution < -0.4 is 0 Å². The molecule has 13 atom stereocenters. The molecule has 5 N–H and O–H groups in total. The number of likely N-dealkylation sites (N-methyl/N-ethyl adjacent to an activating group) is 2. The first-order chi connectivity index (χ1) is 19.4. The number of carbonyl (C=O) groups is 1. The molecule has 0 spiro atoms. The van der Waals surface area contributed by atoms with Gasteiger partial charge in [0.05, 0.1) is 42.0 Å². The van der Waals surface area contributed by atoms with Crippen molar-refractivity contribution in [3.05, 3.63) is 0 Å². The van der Waals surface area contributed by atoms with Crippen LogP contribution in [0.1, 0.15) is 88.0 Å².